The molecule has 0 atom stereocenters. The van der Waals surface area contributed by atoms with E-state index < -0.39 is 15.4 Å². The molecule has 0 unspecified atom stereocenters. The molecule has 0 spiro atoms. The fraction of sp³-hybridized carbons (Fsp3) is 0.667. The molecule has 4 rings (SSSR count). The lowest BCUT2D eigenvalue weighted by Crippen LogP contribution is -2.52. The zero-order chi connectivity index (χ0) is 20.5. The van der Waals surface area contributed by atoms with Crippen molar-refractivity contribution in [3.8, 4) is 0 Å². The van der Waals surface area contributed by atoms with Crippen molar-refractivity contribution < 1.29 is 22.3 Å². The van der Waals surface area contributed by atoms with Crippen LogP contribution in [0.4, 0.5) is 4.39 Å². The Morgan fingerprint density at radius 1 is 1.10 bits per heavy atom. The predicted octanol–water partition coefficient (Wildman–Crippen LogP) is 2.24. The third-order valence-corrected chi connectivity index (χ3v) is 8.88. The average Bonchev–Trinajstić information content (AvgIpc) is 3.57. The number of carbonyl (C=O) groups is 1. The molecule has 1 amide bonds. The van der Waals surface area contributed by atoms with Crippen molar-refractivity contribution in [1.29, 1.82) is 0 Å². The van der Waals surface area contributed by atoms with Gasteiger partial charge in [0, 0.05) is 32.3 Å². The van der Waals surface area contributed by atoms with Crippen LogP contribution in [-0.4, -0.2) is 56.2 Å². The van der Waals surface area contributed by atoms with Crippen LogP contribution in [0.2, 0.25) is 0 Å². The minimum absolute atomic E-state index is 0.00799. The van der Waals surface area contributed by atoms with Crippen LogP contribution in [-0.2, 0) is 26.0 Å². The number of benzene rings is 1. The van der Waals surface area contributed by atoms with Gasteiger partial charge in [-0.3, -0.25) is 4.79 Å². The molecule has 6 nitrogen and oxygen atoms in total. The quantitative estimate of drug-likeness (QED) is 0.760. The number of nitrogens with zero attached hydrogens (tertiary/aromatic N) is 1. The zero-order valence-corrected chi connectivity index (χ0v) is 17.4. The highest BCUT2D eigenvalue weighted by atomic mass is 32.2. The van der Waals surface area contributed by atoms with Gasteiger partial charge >= 0.3 is 0 Å². The molecule has 3 fully saturated rings. The standard InChI is InChI=1S/C21H29FN2O4S/c22-17-3-1-16(2-4-17)15-21(9-13-28-14-10-21)20(25)23-18-7-11-24(12-8-18)29(26,27)19-5-6-19/h1-4,18-19H,5-15H2,(H,23,25). The molecule has 29 heavy (non-hydrogen) atoms. The van der Waals surface area contributed by atoms with E-state index in [0.717, 1.165) is 18.4 Å². The molecule has 0 bridgehead atoms. The number of ether oxygens (including phenoxy) is 1. The second-order valence-electron chi connectivity index (χ2n) is 8.59. The van der Waals surface area contributed by atoms with Gasteiger partial charge < -0.3 is 10.1 Å². The topological polar surface area (TPSA) is 75.7 Å². The molecule has 1 aliphatic carbocycles. The Balaban J connectivity index is 1.39. The molecular weight excluding hydrogens is 395 g/mol. The lowest BCUT2D eigenvalue weighted by Gasteiger charge is -2.38. The van der Waals surface area contributed by atoms with Gasteiger partial charge in [0.15, 0.2) is 0 Å². The average molecular weight is 425 g/mol. The maximum Gasteiger partial charge on any atom is 0.226 e. The Morgan fingerprint density at radius 2 is 1.72 bits per heavy atom. The van der Waals surface area contributed by atoms with Crippen LogP contribution in [0.5, 0.6) is 0 Å². The van der Waals surface area contributed by atoms with Gasteiger partial charge in [0.25, 0.3) is 0 Å². The molecule has 1 saturated carbocycles. The molecule has 1 N–H and O–H groups in total. The SMILES string of the molecule is O=C(NC1CCN(S(=O)(=O)C2CC2)CC1)C1(Cc2ccc(F)cc2)CCOCC1. The summed E-state index contributed by atoms with van der Waals surface area (Å²) >= 11 is 0. The molecule has 2 saturated heterocycles. The van der Waals surface area contributed by atoms with Crippen molar-refractivity contribution >= 4 is 15.9 Å². The van der Waals surface area contributed by atoms with E-state index >= 15 is 0 Å². The zero-order valence-electron chi connectivity index (χ0n) is 16.6. The van der Waals surface area contributed by atoms with Crippen molar-refractivity contribution in [2.45, 2.75) is 56.2 Å². The first-order valence-corrected chi connectivity index (χ1v) is 12.0. The van der Waals surface area contributed by atoms with E-state index in [9.17, 15) is 17.6 Å². The maximum absolute atomic E-state index is 13.3. The van der Waals surface area contributed by atoms with Gasteiger partial charge in [-0.2, -0.15) is 0 Å². The summed E-state index contributed by atoms with van der Waals surface area (Å²) < 4.78 is 45.1. The molecule has 1 aromatic carbocycles. The monoisotopic (exact) mass is 424 g/mol. The van der Waals surface area contributed by atoms with Crippen molar-refractivity contribution in [2.75, 3.05) is 26.3 Å². The van der Waals surface area contributed by atoms with Gasteiger partial charge in [0.2, 0.25) is 15.9 Å². The molecule has 2 aliphatic heterocycles. The smallest absolute Gasteiger partial charge is 0.226 e. The first-order valence-electron chi connectivity index (χ1n) is 10.5. The predicted molar refractivity (Wildman–Crippen MR) is 107 cm³/mol. The van der Waals surface area contributed by atoms with Gasteiger partial charge in [-0.05, 0) is 62.6 Å². The minimum atomic E-state index is -3.14. The summed E-state index contributed by atoms with van der Waals surface area (Å²) in [5, 5.41) is 3.00. The number of nitrogens with one attached hydrogen (secondary N) is 1. The van der Waals surface area contributed by atoms with Crippen LogP contribution >= 0.6 is 0 Å². The lowest BCUT2D eigenvalue weighted by atomic mass is 9.74. The van der Waals surface area contributed by atoms with E-state index in [1.807, 2.05) is 0 Å². The molecular formula is C21H29FN2O4S. The van der Waals surface area contributed by atoms with Crippen molar-refractivity contribution in [3.63, 3.8) is 0 Å². The van der Waals surface area contributed by atoms with Crippen LogP contribution in [0.25, 0.3) is 0 Å². The van der Waals surface area contributed by atoms with Crippen LogP contribution in [0.1, 0.15) is 44.1 Å². The lowest BCUT2D eigenvalue weighted by molar-refractivity contribution is -0.137. The first-order chi connectivity index (χ1) is 13.9. The Hall–Kier alpha value is -1.51. The molecule has 1 aromatic rings. The highest BCUT2D eigenvalue weighted by molar-refractivity contribution is 7.90. The van der Waals surface area contributed by atoms with Crippen molar-refractivity contribution in [3.05, 3.63) is 35.6 Å². The summed E-state index contributed by atoms with van der Waals surface area (Å²) in [5.41, 5.74) is 0.377. The molecule has 0 aromatic heterocycles. The number of rotatable bonds is 6. The number of hydrogen-bond acceptors (Lipinski definition) is 4. The Kier molecular flexibility index (Phi) is 5.95. The Bertz CT molecular complexity index is 825. The largest absolute Gasteiger partial charge is 0.381 e. The molecule has 3 aliphatic rings. The highest BCUT2D eigenvalue weighted by Gasteiger charge is 2.43. The highest BCUT2D eigenvalue weighted by Crippen LogP contribution is 2.36. The van der Waals surface area contributed by atoms with Crippen molar-refractivity contribution in [1.82, 2.24) is 9.62 Å². The first kappa shape index (κ1) is 20.8. The van der Waals surface area contributed by atoms with Crippen LogP contribution in [0.15, 0.2) is 24.3 Å². The second-order valence-corrected chi connectivity index (χ2v) is 10.8. The van der Waals surface area contributed by atoms with E-state index in [-0.39, 0.29) is 23.0 Å². The molecule has 0 radical (unpaired) electrons. The Morgan fingerprint density at radius 3 is 2.31 bits per heavy atom. The number of halogens is 1. The van der Waals surface area contributed by atoms with Gasteiger partial charge in [0.05, 0.1) is 10.7 Å². The normalized spacial score (nSPS) is 23.6. The minimum Gasteiger partial charge on any atom is -0.381 e. The molecule has 160 valence electrons. The van der Waals surface area contributed by atoms with Crippen LogP contribution in [0.3, 0.4) is 0 Å². The fourth-order valence-electron chi connectivity index (χ4n) is 4.41. The summed E-state index contributed by atoms with van der Waals surface area (Å²) in [7, 11) is -3.14. The number of piperidine rings is 1. The summed E-state index contributed by atoms with van der Waals surface area (Å²) in [6.45, 7) is 2.01. The summed E-state index contributed by atoms with van der Waals surface area (Å²) in [6, 6.07) is 6.32. The van der Waals surface area contributed by atoms with E-state index in [1.54, 1.807) is 16.4 Å². The third kappa shape index (κ3) is 4.64. The van der Waals surface area contributed by atoms with Crippen LogP contribution < -0.4 is 5.32 Å². The van der Waals surface area contributed by atoms with E-state index in [0.29, 0.717) is 58.4 Å². The fourth-order valence-corrected chi connectivity index (χ4v) is 6.28. The van der Waals surface area contributed by atoms with Crippen LogP contribution in [0, 0.1) is 11.2 Å². The summed E-state index contributed by atoms with van der Waals surface area (Å²) in [5.74, 6) is -0.277. The van der Waals surface area contributed by atoms with Gasteiger partial charge in [-0.15, -0.1) is 0 Å². The molecule has 2 heterocycles. The number of hydrogen-bond donors (Lipinski definition) is 1. The van der Waals surface area contributed by atoms with Gasteiger partial charge in [0.1, 0.15) is 5.82 Å². The second kappa shape index (κ2) is 8.32. The van der Waals surface area contributed by atoms with E-state index in [2.05, 4.69) is 5.32 Å². The Labute approximate surface area is 171 Å². The maximum atomic E-state index is 13.3. The van der Waals surface area contributed by atoms with E-state index in [4.69, 9.17) is 4.74 Å². The van der Waals surface area contributed by atoms with Crippen molar-refractivity contribution in [2.24, 2.45) is 5.41 Å². The molecule has 8 heteroatoms. The number of sulfonamides is 1. The van der Waals surface area contributed by atoms with Gasteiger partial charge in [-0.25, -0.2) is 17.1 Å². The number of amides is 1. The third-order valence-electron chi connectivity index (χ3n) is 6.48. The van der Waals surface area contributed by atoms with Gasteiger partial charge in [-0.1, -0.05) is 12.1 Å². The summed E-state index contributed by atoms with van der Waals surface area (Å²) in [6.07, 6.45) is 4.63. The van der Waals surface area contributed by atoms with E-state index in [1.165, 1.54) is 12.1 Å². The number of carbonyl (C=O) groups excluding carboxylic acids is 1. The summed E-state index contributed by atoms with van der Waals surface area (Å²) in [4.78, 5) is 13.3.